The van der Waals surface area contributed by atoms with Crippen LogP contribution in [0.15, 0.2) is 4.52 Å². The number of nitrogens with zero attached hydrogens (tertiary/aromatic N) is 4. The van der Waals surface area contributed by atoms with Crippen molar-refractivity contribution in [2.75, 3.05) is 33.4 Å². The average Bonchev–Trinajstić information content (AvgIpc) is 2.92. The second kappa shape index (κ2) is 8.69. The standard InChI is InChI=1S/C20H34N4O3/c1-15-21-18(22-27-15)14-23(4)17-6-5-10-24(11-7-17)19(25)20(2,3)16-8-12-26-13-9-16/h16-17H,5-14H2,1-4H3. The van der Waals surface area contributed by atoms with Gasteiger partial charge in [-0.3, -0.25) is 9.69 Å². The predicted octanol–water partition coefficient (Wildman–Crippen LogP) is 2.64. The monoisotopic (exact) mass is 378 g/mol. The molecule has 27 heavy (non-hydrogen) atoms. The van der Waals surface area contributed by atoms with E-state index >= 15 is 0 Å². The predicted molar refractivity (Wildman–Crippen MR) is 102 cm³/mol. The van der Waals surface area contributed by atoms with Crippen LogP contribution in [0.5, 0.6) is 0 Å². The molecular weight excluding hydrogens is 344 g/mol. The van der Waals surface area contributed by atoms with E-state index in [-0.39, 0.29) is 5.41 Å². The van der Waals surface area contributed by atoms with Crippen LogP contribution < -0.4 is 0 Å². The Labute approximate surface area is 162 Å². The van der Waals surface area contributed by atoms with Gasteiger partial charge in [-0.2, -0.15) is 4.98 Å². The summed E-state index contributed by atoms with van der Waals surface area (Å²) < 4.78 is 10.6. The molecule has 1 unspecified atom stereocenters. The molecule has 3 heterocycles. The number of aryl methyl sites for hydroxylation is 1. The van der Waals surface area contributed by atoms with Crippen molar-refractivity contribution < 1.29 is 14.1 Å². The highest BCUT2D eigenvalue weighted by atomic mass is 16.5. The summed E-state index contributed by atoms with van der Waals surface area (Å²) in [6, 6.07) is 0.438. The lowest BCUT2D eigenvalue weighted by Crippen LogP contribution is -2.46. The number of hydrogen-bond donors (Lipinski definition) is 0. The van der Waals surface area contributed by atoms with Gasteiger partial charge in [0.2, 0.25) is 11.8 Å². The molecule has 2 saturated heterocycles. The molecule has 2 aliphatic heterocycles. The van der Waals surface area contributed by atoms with Gasteiger partial charge in [-0.05, 0) is 45.1 Å². The van der Waals surface area contributed by atoms with Gasteiger partial charge in [0.15, 0.2) is 5.82 Å². The summed E-state index contributed by atoms with van der Waals surface area (Å²) in [5.74, 6) is 2.06. The number of carbonyl (C=O) groups is 1. The van der Waals surface area contributed by atoms with Crippen molar-refractivity contribution in [2.45, 2.75) is 65.5 Å². The first-order valence-corrected chi connectivity index (χ1v) is 10.2. The van der Waals surface area contributed by atoms with Gasteiger partial charge in [-0.25, -0.2) is 0 Å². The van der Waals surface area contributed by atoms with E-state index in [0.29, 0.717) is 30.3 Å². The van der Waals surface area contributed by atoms with Crippen LogP contribution in [0.3, 0.4) is 0 Å². The van der Waals surface area contributed by atoms with Crippen molar-refractivity contribution in [3.05, 3.63) is 11.7 Å². The van der Waals surface area contributed by atoms with Gasteiger partial charge < -0.3 is 14.2 Å². The third-order valence-corrected chi connectivity index (χ3v) is 6.36. The quantitative estimate of drug-likeness (QED) is 0.784. The molecule has 0 saturated carbocycles. The summed E-state index contributed by atoms with van der Waals surface area (Å²) in [4.78, 5) is 22.0. The molecule has 2 fully saturated rings. The number of amides is 1. The van der Waals surface area contributed by atoms with Gasteiger partial charge in [-0.1, -0.05) is 19.0 Å². The summed E-state index contributed by atoms with van der Waals surface area (Å²) in [6.45, 7) is 9.99. The second-order valence-electron chi connectivity index (χ2n) is 8.63. The first-order valence-electron chi connectivity index (χ1n) is 10.2. The summed E-state index contributed by atoms with van der Waals surface area (Å²) in [5, 5.41) is 4.00. The number of likely N-dealkylation sites (tertiary alicyclic amines) is 1. The smallest absolute Gasteiger partial charge is 0.228 e. The molecule has 152 valence electrons. The van der Waals surface area contributed by atoms with E-state index in [1.54, 1.807) is 0 Å². The number of ether oxygens (including phenoxy) is 1. The highest BCUT2D eigenvalue weighted by molar-refractivity contribution is 5.82. The zero-order valence-electron chi connectivity index (χ0n) is 17.2. The zero-order valence-corrected chi connectivity index (χ0v) is 17.2. The Bertz CT molecular complexity index is 624. The van der Waals surface area contributed by atoms with Crippen LogP contribution in [-0.4, -0.2) is 65.2 Å². The molecule has 0 aliphatic carbocycles. The van der Waals surface area contributed by atoms with Crippen LogP contribution in [0.2, 0.25) is 0 Å². The lowest BCUT2D eigenvalue weighted by molar-refractivity contribution is -0.145. The Morgan fingerprint density at radius 2 is 1.96 bits per heavy atom. The summed E-state index contributed by atoms with van der Waals surface area (Å²) in [5.41, 5.74) is -0.308. The molecule has 0 N–H and O–H groups in total. The van der Waals surface area contributed by atoms with Gasteiger partial charge in [0, 0.05) is 44.7 Å². The average molecular weight is 379 g/mol. The van der Waals surface area contributed by atoms with Crippen LogP contribution in [0.4, 0.5) is 0 Å². The molecule has 0 spiro atoms. The Hall–Kier alpha value is -1.47. The van der Waals surface area contributed by atoms with Gasteiger partial charge in [-0.15, -0.1) is 0 Å². The second-order valence-corrected chi connectivity index (χ2v) is 8.63. The van der Waals surface area contributed by atoms with Gasteiger partial charge in [0.25, 0.3) is 0 Å². The van der Waals surface area contributed by atoms with Crippen molar-refractivity contribution in [3.8, 4) is 0 Å². The first-order chi connectivity index (χ1) is 12.9. The fraction of sp³-hybridized carbons (Fsp3) is 0.850. The van der Waals surface area contributed by atoms with Crippen molar-refractivity contribution in [1.29, 1.82) is 0 Å². The summed E-state index contributed by atoms with van der Waals surface area (Å²) >= 11 is 0. The van der Waals surface area contributed by atoms with Crippen molar-refractivity contribution in [2.24, 2.45) is 11.3 Å². The molecule has 0 radical (unpaired) electrons. The zero-order chi connectivity index (χ0) is 19.4. The van der Waals surface area contributed by atoms with Crippen LogP contribution in [0.1, 0.15) is 57.7 Å². The Morgan fingerprint density at radius 3 is 2.63 bits per heavy atom. The molecule has 1 aromatic heterocycles. The Morgan fingerprint density at radius 1 is 1.22 bits per heavy atom. The molecule has 7 nitrogen and oxygen atoms in total. The van der Waals surface area contributed by atoms with E-state index in [1.807, 2.05) is 6.92 Å². The van der Waals surface area contributed by atoms with Gasteiger partial charge in [0.1, 0.15) is 0 Å². The minimum absolute atomic E-state index is 0.308. The first kappa shape index (κ1) is 20.3. The Balaban J connectivity index is 1.56. The van der Waals surface area contributed by atoms with E-state index < -0.39 is 0 Å². The molecule has 3 rings (SSSR count). The van der Waals surface area contributed by atoms with Crippen molar-refractivity contribution in [1.82, 2.24) is 19.9 Å². The van der Waals surface area contributed by atoms with Crippen LogP contribution in [0.25, 0.3) is 0 Å². The van der Waals surface area contributed by atoms with E-state index in [2.05, 4.69) is 40.8 Å². The minimum atomic E-state index is -0.308. The number of carbonyl (C=O) groups excluding carboxylic acids is 1. The highest BCUT2D eigenvalue weighted by Crippen LogP contribution is 2.36. The third-order valence-electron chi connectivity index (χ3n) is 6.36. The maximum atomic E-state index is 13.3. The number of hydrogen-bond acceptors (Lipinski definition) is 6. The maximum Gasteiger partial charge on any atom is 0.228 e. The van der Waals surface area contributed by atoms with Gasteiger partial charge >= 0.3 is 0 Å². The molecule has 1 aromatic rings. The fourth-order valence-electron chi connectivity index (χ4n) is 4.48. The lowest BCUT2D eigenvalue weighted by Gasteiger charge is -2.39. The van der Waals surface area contributed by atoms with E-state index in [1.165, 1.54) is 0 Å². The van der Waals surface area contributed by atoms with Crippen LogP contribution >= 0.6 is 0 Å². The van der Waals surface area contributed by atoms with Crippen LogP contribution in [0, 0.1) is 18.3 Å². The molecule has 2 aliphatic rings. The molecule has 0 bridgehead atoms. The number of rotatable bonds is 5. The van der Waals surface area contributed by atoms with E-state index in [4.69, 9.17) is 9.26 Å². The normalized spacial score (nSPS) is 22.9. The molecular formula is C20H34N4O3. The SMILES string of the molecule is Cc1nc(CN(C)C2CCCN(C(=O)C(C)(C)C3CCOCC3)CC2)no1. The molecule has 1 atom stereocenters. The van der Waals surface area contributed by atoms with E-state index in [9.17, 15) is 4.79 Å². The molecule has 0 aromatic carbocycles. The molecule has 7 heteroatoms. The topological polar surface area (TPSA) is 71.7 Å². The number of aromatic nitrogens is 2. The summed E-state index contributed by atoms with van der Waals surface area (Å²) in [6.07, 6.45) is 5.09. The summed E-state index contributed by atoms with van der Waals surface area (Å²) in [7, 11) is 2.11. The van der Waals surface area contributed by atoms with E-state index in [0.717, 1.165) is 64.2 Å². The Kier molecular flexibility index (Phi) is 6.52. The molecule has 1 amide bonds. The largest absolute Gasteiger partial charge is 0.381 e. The fourth-order valence-corrected chi connectivity index (χ4v) is 4.48. The maximum absolute atomic E-state index is 13.3. The van der Waals surface area contributed by atoms with Crippen molar-refractivity contribution >= 4 is 5.91 Å². The van der Waals surface area contributed by atoms with Crippen LogP contribution in [-0.2, 0) is 16.1 Å². The van der Waals surface area contributed by atoms with Crippen molar-refractivity contribution in [3.63, 3.8) is 0 Å². The minimum Gasteiger partial charge on any atom is -0.381 e. The highest BCUT2D eigenvalue weighted by Gasteiger charge is 2.40. The van der Waals surface area contributed by atoms with Gasteiger partial charge in [0.05, 0.1) is 6.54 Å². The third kappa shape index (κ3) is 4.88. The lowest BCUT2D eigenvalue weighted by atomic mass is 9.73.